The molecule has 3 N–H and O–H groups in total. The maximum Gasteiger partial charge on any atom is 0.135 e. The van der Waals surface area contributed by atoms with Gasteiger partial charge in [0.05, 0.1) is 0 Å². The molecule has 92 valence electrons. The lowest BCUT2D eigenvalue weighted by Gasteiger charge is -2.23. The van der Waals surface area contributed by atoms with Crippen molar-refractivity contribution < 1.29 is 4.39 Å². The van der Waals surface area contributed by atoms with E-state index in [4.69, 9.17) is 18.0 Å². The van der Waals surface area contributed by atoms with Gasteiger partial charge in [0.15, 0.2) is 0 Å². The maximum atomic E-state index is 13.6. The van der Waals surface area contributed by atoms with Crippen LogP contribution in [0, 0.1) is 5.82 Å². The number of rotatable bonds is 3. The van der Waals surface area contributed by atoms with Gasteiger partial charge >= 0.3 is 0 Å². The van der Waals surface area contributed by atoms with Crippen LogP contribution in [0.4, 0.5) is 10.1 Å². The van der Waals surface area contributed by atoms with Crippen molar-refractivity contribution in [3.05, 3.63) is 29.6 Å². The standard InChI is InChI=1S/C12H15FN2S2/c13-11-6-8(3-4-10(11)12(14)16)15-9-2-1-5-17-7-9/h3-4,6,9,15H,1-2,5,7H2,(H2,14,16). The van der Waals surface area contributed by atoms with Crippen molar-refractivity contribution in [3.8, 4) is 0 Å². The van der Waals surface area contributed by atoms with Crippen LogP contribution in [-0.4, -0.2) is 22.5 Å². The van der Waals surface area contributed by atoms with E-state index in [0.717, 1.165) is 17.9 Å². The Kier molecular flexibility index (Phi) is 4.23. The molecule has 0 aromatic heterocycles. The fourth-order valence-corrected chi connectivity index (χ4v) is 3.13. The number of nitrogens with one attached hydrogen (secondary N) is 1. The number of halogens is 1. The zero-order valence-corrected chi connectivity index (χ0v) is 11.0. The Bertz CT molecular complexity index is 417. The molecule has 1 aliphatic heterocycles. The first-order valence-electron chi connectivity index (χ1n) is 5.60. The summed E-state index contributed by atoms with van der Waals surface area (Å²) >= 11 is 6.71. The fourth-order valence-electron chi connectivity index (χ4n) is 1.89. The molecule has 1 atom stereocenters. The third-order valence-corrected chi connectivity index (χ3v) is 4.20. The molecule has 1 aromatic carbocycles. The highest BCUT2D eigenvalue weighted by Gasteiger charge is 2.14. The van der Waals surface area contributed by atoms with Crippen molar-refractivity contribution in [2.45, 2.75) is 18.9 Å². The van der Waals surface area contributed by atoms with Crippen molar-refractivity contribution >= 4 is 34.7 Å². The number of thiocarbonyl (C=S) groups is 1. The van der Waals surface area contributed by atoms with E-state index in [2.05, 4.69) is 5.32 Å². The van der Waals surface area contributed by atoms with Gasteiger partial charge < -0.3 is 11.1 Å². The van der Waals surface area contributed by atoms with Crippen LogP contribution in [-0.2, 0) is 0 Å². The highest BCUT2D eigenvalue weighted by Crippen LogP contribution is 2.22. The van der Waals surface area contributed by atoms with E-state index in [9.17, 15) is 4.39 Å². The summed E-state index contributed by atoms with van der Waals surface area (Å²) in [5.41, 5.74) is 6.53. The molecular weight excluding hydrogens is 255 g/mol. The van der Waals surface area contributed by atoms with Crippen molar-refractivity contribution in [1.82, 2.24) is 0 Å². The summed E-state index contributed by atoms with van der Waals surface area (Å²) in [7, 11) is 0. The topological polar surface area (TPSA) is 38.0 Å². The molecule has 0 bridgehead atoms. The first-order valence-corrected chi connectivity index (χ1v) is 7.17. The van der Waals surface area contributed by atoms with Gasteiger partial charge in [-0.3, -0.25) is 0 Å². The Balaban J connectivity index is 2.06. The van der Waals surface area contributed by atoms with E-state index in [0.29, 0.717) is 11.6 Å². The Morgan fingerprint density at radius 1 is 1.53 bits per heavy atom. The van der Waals surface area contributed by atoms with Crippen molar-refractivity contribution in [1.29, 1.82) is 0 Å². The quantitative estimate of drug-likeness (QED) is 0.828. The number of anilines is 1. The first-order chi connectivity index (χ1) is 8.16. The highest BCUT2D eigenvalue weighted by atomic mass is 32.2. The summed E-state index contributed by atoms with van der Waals surface area (Å²) in [5.74, 6) is 1.96. The van der Waals surface area contributed by atoms with Crippen molar-refractivity contribution in [3.63, 3.8) is 0 Å². The smallest absolute Gasteiger partial charge is 0.135 e. The van der Waals surface area contributed by atoms with Crippen LogP contribution in [0.25, 0.3) is 0 Å². The van der Waals surface area contributed by atoms with E-state index in [-0.39, 0.29) is 10.8 Å². The number of thioether (sulfide) groups is 1. The van der Waals surface area contributed by atoms with Crippen LogP contribution < -0.4 is 11.1 Å². The Morgan fingerprint density at radius 3 is 2.94 bits per heavy atom. The summed E-state index contributed by atoms with van der Waals surface area (Å²) in [5, 5.41) is 3.34. The lowest BCUT2D eigenvalue weighted by atomic mass is 10.1. The second-order valence-electron chi connectivity index (χ2n) is 4.12. The fraction of sp³-hybridized carbons (Fsp3) is 0.417. The van der Waals surface area contributed by atoms with Crippen molar-refractivity contribution in [2.75, 3.05) is 16.8 Å². The Labute approximate surface area is 110 Å². The van der Waals surface area contributed by atoms with Gasteiger partial charge in [0.1, 0.15) is 10.8 Å². The van der Waals surface area contributed by atoms with Crippen LogP contribution in [0.3, 0.4) is 0 Å². The molecule has 17 heavy (non-hydrogen) atoms. The molecule has 0 amide bonds. The highest BCUT2D eigenvalue weighted by molar-refractivity contribution is 7.99. The number of benzene rings is 1. The molecule has 1 heterocycles. The molecule has 1 aromatic rings. The van der Waals surface area contributed by atoms with Gasteiger partial charge in [0.2, 0.25) is 0 Å². The summed E-state index contributed by atoms with van der Waals surface area (Å²) in [6.07, 6.45) is 2.36. The normalized spacial score (nSPS) is 19.9. The zero-order chi connectivity index (χ0) is 12.3. The Hall–Kier alpha value is -0.810. The molecule has 1 aliphatic rings. The van der Waals surface area contributed by atoms with E-state index in [1.165, 1.54) is 18.2 Å². The largest absolute Gasteiger partial charge is 0.389 e. The minimum absolute atomic E-state index is 0.0993. The number of nitrogens with two attached hydrogens (primary N) is 1. The van der Waals surface area contributed by atoms with Gasteiger partial charge in [0.25, 0.3) is 0 Å². The average Bonchev–Trinajstić information content (AvgIpc) is 2.30. The number of hydrogen-bond acceptors (Lipinski definition) is 3. The summed E-state index contributed by atoms with van der Waals surface area (Å²) in [6.45, 7) is 0. The second-order valence-corrected chi connectivity index (χ2v) is 5.71. The Morgan fingerprint density at radius 2 is 2.35 bits per heavy atom. The summed E-state index contributed by atoms with van der Waals surface area (Å²) in [4.78, 5) is 0.0993. The van der Waals surface area contributed by atoms with E-state index < -0.39 is 0 Å². The van der Waals surface area contributed by atoms with E-state index in [1.807, 2.05) is 17.8 Å². The maximum absolute atomic E-state index is 13.6. The van der Waals surface area contributed by atoms with Crippen molar-refractivity contribution in [2.24, 2.45) is 5.73 Å². The average molecular weight is 270 g/mol. The first kappa shape index (κ1) is 12.6. The molecular formula is C12H15FN2S2. The van der Waals surface area contributed by atoms with Gasteiger partial charge in [-0.25, -0.2) is 4.39 Å². The van der Waals surface area contributed by atoms with E-state index >= 15 is 0 Å². The SMILES string of the molecule is NC(=S)c1ccc(NC2CCCSC2)cc1F. The lowest BCUT2D eigenvalue weighted by molar-refractivity contribution is 0.624. The lowest BCUT2D eigenvalue weighted by Crippen LogP contribution is -2.25. The number of hydrogen-bond donors (Lipinski definition) is 2. The van der Waals surface area contributed by atoms with Crippen LogP contribution in [0.15, 0.2) is 18.2 Å². The molecule has 5 heteroatoms. The summed E-state index contributed by atoms with van der Waals surface area (Å²) in [6, 6.07) is 5.37. The molecule has 0 spiro atoms. The molecule has 0 saturated carbocycles. The predicted molar refractivity (Wildman–Crippen MR) is 76.3 cm³/mol. The van der Waals surface area contributed by atoms with Gasteiger partial charge in [-0.1, -0.05) is 12.2 Å². The molecule has 2 nitrogen and oxygen atoms in total. The van der Waals surface area contributed by atoms with Crippen LogP contribution in [0.5, 0.6) is 0 Å². The summed E-state index contributed by atoms with van der Waals surface area (Å²) < 4.78 is 13.6. The van der Waals surface area contributed by atoms with Gasteiger partial charge in [0, 0.05) is 23.0 Å². The third-order valence-electron chi connectivity index (χ3n) is 2.77. The van der Waals surface area contributed by atoms with Gasteiger partial charge in [-0.05, 0) is 36.8 Å². The molecule has 1 saturated heterocycles. The molecule has 2 rings (SSSR count). The minimum atomic E-state index is -0.356. The molecule has 1 unspecified atom stereocenters. The third kappa shape index (κ3) is 3.33. The van der Waals surface area contributed by atoms with Crippen LogP contribution >= 0.6 is 24.0 Å². The van der Waals surface area contributed by atoms with Crippen LogP contribution in [0.2, 0.25) is 0 Å². The monoisotopic (exact) mass is 270 g/mol. The molecule has 0 radical (unpaired) electrons. The second kappa shape index (κ2) is 5.69. The van der Waals surface area contributed by atoms with E-state index in [1.54, 1.807) is 6.07 Å². The van der Waals surface area contributed by atoms with Gasteiger partial charge in [-0.15, -0.1) is 0 Å². The predicted octanol–water partition coefficient (Wildman–Crippen LogP) is 2.77. The molecule has 1 fully saturated rings. The molecule has 0 aliphatic carbocycles. The van der Waals surface area contributed by atoms with Crippen LogP contribution in [0.1, 0.15) is 18.4 Å². The van der Waals surface area contributed by atoms with Gasteiger partial charge in [-0.2, -0.15) is 11.8 Å². The minimum Gasteiger partial charge on any atom is -0.389 e. The zero-order valence-electron chi connectivity index (χ0n) is 9.41.